The molecular formula is C30H38F4N2O2. The van der Waals surface area contributed by atoms with Crippen LogP contribution in [0.4, 0.5) is 17.6 Å². The Hall–Kier alpha value is -2.00. The van der Waals surface area contributed by atoms with Gasteiger partial charge in [0.1, 0.15) is 0 Å². The van der Waals surface area contributed by atoms with E-state index in [2.05, 4.69) is 9.80 Å². The fourth-order valence-corrected chi connectivity index (χ4v) is 7.25. The monoisotopic (exact) mass is 534 g/mol. The molecule has 4 aliphatic rings. The average Bonchev–Trinajstić information content (AvgIpc) is 3.13. The van der Waals surface area contributed by atoms with Gasteiger partial charge >= 0.3 is 0 Å². The summed E-state index contributed by atoms with van der Waals surface area (Å²) < 4.78 is 56.9. The fraction of sp³-hybridized carbons (Fsp3) is 0.600. The number of hydrogen-bond acceptors (Lipinski definition) is 4. The number of alkyl halides is 4. The minimum absolute atomic E-state index is 0.294. The zero-order valence-electron chi connectivity index (χ0n) is 21.7. The topological polar surface area (TPSA) is 46.9 Å². The van der Waals surface area contributed by atoms with Crippen LogP contribution in [0.3, 0.4) is 0 Å². The zero-order valence-corrected chi connectivity index (χ0v) is 21.7. The van der Waals surface area contributed by atoms with Crippen molar-refractivity contribution in [1.29, 1.82) is 0 Å². The van der Waals surface area contributed by atoms with Crippen LogP contribution in [0.25, 0.3) is 0 Å². The van der Waals surface area contributed by atoms with Gasteiger partial charge in [0.25, 0.3) is 11.8 Å². The number of hydrogen-bond donors (Lipinski definition) is 2. The molecule has 2 aliphatic heterocycles. The highest BCUT2D eigenvalue weighted by molar-refractivity contribution is 5.17. The molecule has 4 atom stereocenters. The Labute approximate surface area is 222 Å². The predicted octanol–water partition coefficient (Wildman–Crippen LogP) is 5.05. The molecule has 0 spiro atoms. The molecule has 6 rings (SSSR count). The van der Waals surface area contributed by atoms with E-state index in [4.69, 9.17) is 0 Å². The van der Waals surface area contributed by atoms with Gasteiger partial charge in [-0.15, -0.1) is 0 Å². The van der Waals surface area contributed by atoms with Crippen LogP contribution in [-0.2, 0) is 13.1 Å². The van der Waals surface area contributed by atoms with Gasteiger partial charge in [-0.25, -0.2) is 17.6 Å². The van der Waals surface area contributed by atoms with Crippen molar-refractivity contribution in [2.24, 2.45) is 22.7 Å². The molecule has 4 bridgehead atoms. The van der Waals surface area contributed by atoms with Gasteiger partial charge in [0, 0.05) is 51.1 Å². The van der Waals surface area contributed by atoms with E-state index in [1.807, 2.05) is 60.7 Å². The van der Waals surface area contributed by atoms with Crippen LogP contribution in [0.15, 0.2) is 60.7 Å². The van der Waals surface area contributed by atoms with Crippen LogP contribution < -0.4 is 0 Å². The first-order chi connectivity index (χ1) is 18.1. The van der Waals surface area contributed by atoms with Crippen LogP contribution >= 0.6 is 0 Å². The average molecular weight is 535 g/mol. The van der Waals surface area contributed by atoms with Gasteiger partial charge in [-0.2, -0.15) is 0 Å². The summed E-state index contributed by atoms with van der Waals surface area (Å²) in [5, 5.41) is 19.0. The number of aliphatic hydroxyl groups excluding tert-OH is 2. The van der Waals surface area contributed by atoms with Crippen molar-refractivity contribution in [3.63, 3.8) is 0 Å². The van der Waals surface area contributed by atoms with E-state index in [0.29, 0.717) is 65.0 Å². The molecule has 2 aliphatic carbocycles. The van der Waals surface area contributed by atoms with E-state index in [9.17, 15) is 27.8 Å². The summed E-state index contributed by atoms with van der Waals surface area (Å²) in [5.41, 5.74) is -0.157. The molecule has 38 heavy (non-hydrogen) atoms. The molecule has 4 nitrogen and oxygen atoms in total. The van der Waals surface area contributed by atoms with Crippen molar-refractivity contribution in [2.75, 3.05) is 39.4 Å². The molecular weight excluding hydrogens is 496 g/mol. The number of halogens is 4. The third kappa shape index (κ3) is 4.78. The molecule has 4 fully saturated rings. The third-order valence-electron chi connectivity index (χ3n) is 9.50. The maximum atomic E-state index is 14.2. The Kier molecular flexibility index (Phi) is 7.63. The summed E-state index contributed by atoms with van der Waals surface area (Å²) in [7, 11) is 0. The lowest BCUT2D eigenvalue weighted by Gasteiger charge is -2.45. The largest absolute Gasteiger partial charge is 0.396 e. The van der Waals surface area contributed by atoms with Crippen molar-refractivity contribution in [2.45, 2.75) is 50.6 Å². The second-order valence-electron chi connectivity index (χ2n) is 11.9. The highest BCUT2D eigenvalue weighted by Crippen LogP contribution is 2.58. The van der Waals surface area contributed by atoms with Crippen LogP contribution in [-0.4, -0.2) is 71.3 Å². The lowest BCUT2D eigenvalue weighted by atomic mass is 9.79. The standard InChI is InChI=1S/2C15H19F2NO/c2*16-15(17)13-6-7-14(15,11-19)10-18(9-13)8-12-4-2-1-3-5-12/h2*1-5,13,19H,6-11H2/t2*13-,14+/m10/s1. The minimum atomic E-state index is -2.71. The van der Waals surface area contributed by atoms with Gasteiger partial charge in [-0.05, 0) is 36.8 Å². The number of nitrogens with zero attached hydrogens (tertiary/aromatic N) is 2. The van der Waals surface area contributed by atoms with Crippen molar-refractivity contribution in [3.8, 4) is 0 Å². The van der Waals surface area contributed by atoms with Crippen LogP contribution in [0.1, 0.15) is 36.8 Å². The summed E-state index contributed by atoms with van der Waals surface area (Å²) in [6.07, 6.45) is 1.93. The predicted molar refractivity (Wildman–Crippen MR) is 138 cm³/mol. The molecule has 2 aromatic carbocycles. The maximum absolute atomic E-state index is 14.2. The van der Waals surface area contributed by atoms with E-state index < -0.39 is 47.7 Å². The first-order valence-electron chi connectivity index (χ1n) is 13.6. The number of piperidine rings is 2. The van der Waals surface area contributed by atoms with E-state index in [1.54, 1.807) is 0 Å². The molecule has 208 valence electrons. The van der Waals surface area contributed by atoms with E-state index in [1.165, 1.54) is 0 Å². The molecule has 0 amide bonds. The maximum Gasteiger partial charge on any atom is 0.261 e. The van der Waals surface area contributed by atoms with Gasteiger partial charge < -0.3 is 10.2 Å². The number of rotatable bonds is 6. The molecule has 0 radical (unpaired) electrons. The van der Waals surface area contributed by atoms with E-state index >= 15 is 0 Å². The Morgan fingerprint density at radius 3 is 1.34 bits per heavy atom. The summed E-state index contributed by atoms with van der Waals surface area (Å²) in [6, 6.07) is 19.8. The van der Waals surface area contributed by atoms with Crippen molar-refractivity contribution >= 4 is 0 Å². The highest BCUT2D eigenvalue weighted by atomic mass is 19.3. The molecule has 2 N–H and O–H groups in total. The van der Waals surface area contributed by atoms with E-state index in [-0.39, 0.29) is 0 Å². The first kappa shape index (κ1) is 27.6. The molecule has 2 saturated heterocycles. The first-order valence-corrected chi connectivity index (χ1v) is 13.6. The quantitative estimate of drug-likeness (QED) is 0.509. The molecule has 2 heterocycles. The zero-order chi connectivity index (χ0) is 27.0. The number of aliphatic hydroxyl groups is 2. The normalized spacial score (nSPS) is 33.5. The van der Waals surface area contributed by atoms with Gasteiger partial charge in [0.2, 0.25) is 0 Å². The Morgan fingerprint density at radius 2 is 1.00 bits per heavy atom. The van der Waals surface area contributed by atoms with Gasteiger partial charge in [0.05, 0.1) is 24.0 Å². The molecule has 0 aromatic heterocycles. The number of likely N-dealkylation sites (tertiary alicyclic amines) is 2. The van der Waals surface area contributed by atoms with Gasteiger partial charge in [0.15, 0.2) is 0 Å². The number of fused-ring (bicyclic) bond motifs is 4. The number of benzene rings is 2. The van der Waals surface area contributed by atoms with Crippen molar-refractivity contribution < 1.29 is 27.8 Å². The third-order valence-corrected chi connectivity index (χ3v) is 9.50. The summed E-state index contributed by atoms with van der Waals surface area (Å²) >= 11 is 0. The summed E-state index contributed by atoms with van der Waals surface area (Å²) in [4.78, 5) is 4.14. The van der Waals surface area contributed by atoms with Crippen LogP contribution in [0.2, 0.25) is 0 Å². The molecule has 2 aromatic rings. The van der Waals surface area contributed by atoms with Crippen molar-refractivity contribution in [1.82, 2.24) is 9.80 Å². The Bertz CT molecular complexity index is 987. The lowest BCUT2D eigenvalue weighted by molar-refractivity contribution is -0.186. The Morgan fingerprint density at radius 1 is 0.632 bits per heavy atom. The summed E-state index contributed by atoms with van der Waals surface area (Å²) in [5.74, 6) is -6.63. The lowest BCUT2D eigenvalue weighted by Crippen LogP contribution is -2.57. The highest BCUT2D eigenvalue weighted by Gasteiger charge is 2.66. The van der Waals surface area contributed by atoms with Crippen molar-refractivity contribution in [3.05, 3.63) is 71.8 Å². The molecule has 8 heteroatoms. The van der Waals surface area contributed by atoms with Gasteiger partial charge in [-0.3, -0.25) is 9.80 Å². The second kappa shape index (κ2) is 10.5. The van der Waals surface area contributed by atoms with Crippen LogP contribution in [0, 0.1) is 22.7 Å². The summed E-state index contributed by atoms with van der Waals surface area (Å²) in [6.45, 7) is 2.00. The SMILES string of the molecule is OC[C@@]12CC[C@@H](CN(Cc3ccccc3)C1)C2(F)F.OC[C@]12CC[C@H](CN(Cc3ccccc3)C1)C2(F)F. The van der Waals surface area contributed by atoms with Gasteiger partial charge in [-0.1, -0.05) is 60.7 Å². The smallest absolute Gasteiger partial charge is 0.261 e. The molecule has 0 unspecified atom stereocenters. The fourth-order valence-electron chi connectivity index (χ4n) is 7.25. The van der Waals surface area contributed by atoms with Crippen LogP contribution in [0.5, 0.6) is 0 Å². The Balaban J connectivity index is 0.000000155. The second-order valence-corrected chi connectivity index (χ2v) is 11.9. The minimum Gasteiger partial charge on any atom is -0.396 e. The van der Waals surface area contributed by atoms with E-state index in [0.717, 1.165) is 11.1 Å². The molecule has 2 saturated carbocycles.